The van der Waals surface area contributed by atoms with E-state index >= 15 is 0 Å². The van der Waals surface area contributed by atoms with Crippen LogP contribution in [0.2, 0.25) is 0 Å². The van der Waals surface area contributed by atoms with Crippen LogP contribution in [-0.2, 0) is 4.79 Å². The Labute approximate surface area is 181 Å². The molecule has 0 radical (unpaired) electrons. The van der Waals surface area contributed by atoms with Crippen molar-refractivity contribution in [1.29, 1.82) is 0 Å². The van der Waals surface area contributed by atoms with Gasteiger partial charge in [-0.1, -0.05) is 48.6 Å². The van der Waals surface area contributed by atoms with Crippen LogP contribution in [0.25, 0.3) is 12.2 Å². The molecule has 4 rings (SSSR count). The maximum absolute atomic E-state index is 13.3. The number of nitrogens with zero attached hydrogens (tertiary/aromatic N) is 1. The summed E-state index contributed by atoms with van der Waals surface area (Å²) in [5, 5.41) is 8.49. The van der Waals surface area contributed by atoms with E-state index in [0.717, 1.165) is 11.1 Å². The molecule has 2 heterocycles. The van der Waals surface area contributed by atoms with Gasteiger partial charge in [0.2, 0.25) is 5.91 Å². The minimum atomic E-state index is -0.735. The molecular formula is C24H26N4O3. The lowest BCUT2D eigenvalue weighted by atomic mass is 10.1. The summed E-state index contributed by atoms with van der Waals surface area (Å²) in [4.78, 5) is 39.9. The fraction of sp³-hybridized carbons (Fsp3) is 0.292. The lowest BCUT2D eigenvalue weighted by Crippen LogP contribution is -2.54. The molecule has 1 saturated heterocycles. The molecule has 160 valence electrons. The minimum absolute atomic E-state index is 0.0197. The van der Waals surface area contributed by atoms with Crippen molar-refractivity contribution in [3.63, 3.8) is 0 Å². The molecule has 31 heavy (non-hydrogen) atoms. The van der Waals surface area contributed by atoms with Crippen LogP contribution in [0.15, 0.2) is 48.5 Å². The zero-order chi connectivity index (χ0) is 22.0. The van der Waals surface area contributed by atoms with Gasteiger partial charge in [-0.05, 0) is 43.5 Å². The quantitative estimate of drug-likeness (QED) is 0.667. The molecule has 0 unspecified atom stereocenters. The number of rotatable bonds is 4. The number of benzene rings is 2. The van der Waals surface area contributed by atoms with Gasteiger partial charge in [-0.3, -0.25) is 9.59 Å². The zero-order valence-electron chi connectivity index (χ0n) is 17.6. The van der Waals surface area contributed by atoms with Crippen molar-refractivity contribution < 1.29 is 14.4 Å². The number of hydrogen-bond acceptors (Lipinski definition) is 3. The van der Waals surface area contributed by atoms with Gasteiger partial charge in [0.15, 0.2) is 0 Å². The minimum Gasteiger partial charge on any atom is -0.336 e. The van der Waals surface area contributed by atoms with Gasteiger partial charge in [0.1, 0.15) is 6.04 Å². The van der Waals surface area contributed by atoms with E-state index < -0.39 is 12.1 Å². The Hall–Kier alpha value is -3.61. The van der Waals surface area contributed by atoms with Crippen molar-refractivity contribution in [3.8, 4) is 0 Å². The summed E-state index contributed by atoms with van der Waals surface area (Å²) >= 11 is 0. The third-order valence-corrected chi connectivity index (χ3v) is 5.46. The average molecular weight is 418 g/mol. The van der Waals surface area contributed by atoms with Gasteiger partial charge in [0.05, 0.1) is 17.3 Å². The topological polar surface area (TPSA) is 90.5 Å². The molecule has 2 aliphatic heterocycles. The molecule has 2 atom stereocenters. The highest BCUT2D eigenvalue weighted by Gasteiger charge is 2.45. The van der Waals surface area contributed by atoms with Crippen molar-refractivity contribution in [2.75, 3.05) is 11.9 Å². The largest absolute Gasteiger partial charge is 0.336 e. The van der Waals surface area contributed by atoms with Crippen LogP contribution in [0.3, 0.4) is 0 Å². The maximum atomic E-state index is 13.3. The molecule has 0 bridgehead atoms. The number of carbonyl (C=O) groups excluding carboxylic acids is 3. The highest BCUT2D eigenvalue weighted by atomic mass is 16.2. The first-order valence-electron chi connectivity index (χ1n) is 10.5. The average Bonchev–Trinajstić information content (AvgIpc) is 3.11. The second kappa shape index (κ2) is 8.63. The van der Waals surface area contributed by atoms with Crippen LogP contribution >= 0.6 is 0 Å². The van der Waals surface area contributed by atoms with E-state index in [0.29, 0.717) is 24.2 Å². The van der Waals surface area contributed by atoms with Gasteiger partial charge >= 0.3 is 6.03 Å². The number of fused-ring (bicyclic) bond motifs is 2. The molecule has 0 spiro atoms. The van der Waals surface area contributed by atoms with Crippen LogP contribution in [0.5, 0.6) is 0 Å². The monoisotopic (exact) mass is 418 g/mol. The van der Waals surface area contributed by atoms with Crippen molar-refractivity contribution >= 4 is 35.7 Å². The van der Waals surface area contributed by atoms with Gasteiger partial charge in [-0.15, -0.1) is 0 Å². The predicted molar refractivity (Wildman–Crippen MR) is 120 cm³/mol. The van der Waals surface area contributed by atoms with Crippen LogP contribution in [0, 0.1) is 0 Å². The fourth-order valence-corrected chi connectivity index (χ4v) is 4.04. The summed E-state index contributed by atoms with van der Waals surface area (Å²) in [6.07, 6.45) is 4.45. The SMILES string of the molecule is CC(C)NC(=O)N[C@H]1CCN2C(=O)c3cc(/C=C/c4ccccc4)ccc3NC(=O)[C@H]12. The molecule has 3 N–H and O–H groups in total. The highest BCUT2D eigenvalue weighted by Crippen LogP contribution is 2.30. The molecule has 4 amide bonds. The molecule has 1 fully saturated rings. The van der Waals surface area contributed by atoms with E-state index in [2.05, 4.69) is 16.0 Å². The lowest BCUT2D eigenvalue weighted by molar-refractivity contribution is -0.120. The van der Waals surface area contributed by atoms with Crippen molar-refractivity contribution in [3.05, 3.63) is 65.2 Å². The predicted octanol–water partition coefficient (Wildman–Crippen LogP) is 3.10. The molecule has 0 aliphatic carbocycles. The third-order valence-electron chi connectivity index (χ3n) is 5.46. The second-order valence-electron chi connectivity index (χ2n) is 8.15. The smallest absolute Gasteiger partial charge is 0.315 e. The molecule has 7 heteroatoms. The summed E-state index contributed by atoms with van der Waals surface area (Å²) in [6, 6.07) is 13.8. The van der Waals surface area contributed by atoms with Crippen molar-refractivity contribution in [1.82, 2.24) is 15.5 Å². The van der Waals surface area contributed by atoms with E-state index in [1.807, 2.05) is 62.4 Å². The maximum Gasteiger partial charge on any atom is 0.315 e. The summed E-state index contributed by atoms with van der Waals surface area (Å²) in [6.45, 7) is 4.14. The zero-order valence-corrected chi connectivity index (χ0v) is 17.6. The van der Waals surface area contributed by atoms with Crippen LogP contribution < -0.4 is 16.0 Å². The first kappa shape index (κ1) is 20.7. The second-order valence-corrected chi connectivity index (χ2v) is 8.15. The number of carbonyl (C=O) groups is 3. The Bertz CT molecular complexity index is 1030. The lowest BCUT2D eigenvalue weighted by Gasteiger charge is -2.25. The number of urea groups is 1. The van der Waals surface area contributed by atoms with Gasteiger partial charge in [-0.25, -0.2) is 4.79 Å². The Morgan fingerprint density at radius 1 is 1.10 bits per heavy atom. The van der Waals surface area contributed by atoms with E-state index in [4.69, 9.17) is 0 Å². The van der Waals surface area contributed by atoms with E-state index in [1.54, 1.807) is 17.0 Å². The molecule has 2 aromatic carbocycles. The summed E-state index contributed by atoms with van der Waals surface area (Å²) < 4.78 is 0. The van der Waals surface area contributed by atoms with E-state index in [9.17, 15) is 14.4 Å². The molecule has 2 aliphatic rings. The molecule has 2 aromatic rings. The van der Waals surface area contributed by atoms with Gasteiger partial charge in [0, 0.05) is 12.6 Å². The van der Waals surface area contributed by atoms with Crippen LogP contribution in [-0.4, -0.2) is 47.4 Å². The summed E-state index contributed by atoms with van der Waals surface area (Å²) in [5.41, 5.74) is 2.88. The summed E-state index contributed by atoms with van der Waals surface area (Å²) in [7, 11) is 0. The van der Waals surface area contributed by atoms with Crippen molar-refractivity contribution in [2.45, 2.75) is 38.4 Å². The highest BCUT2D eigenvalue weighted by molar-refractivity contribution is 6.11. The fourth-order valence-electron chi connectivity index (χ4n) is 4.04. The summed E-state index contributed by atoms with van der Waals surface area (Å²) in [5.74, 6) is -0.492. The molecule has 0 saturated carbocycles. The number of anilines is 1. The third kappa shape index (κ3) is 4.45. The normalized spacial score (nSPS) is 20.3. The molecule has 7 nitrogen and oxygen atoms in total. The number of amides is 4. The Morgan fingerprint density at radius 2 is 1.84 bits per heavy atom. The first-order chi connectivity index (χ1) is 14.9. The Kier molecular flexibility index (Phi) is 5.75. The standard InChI is InChI=1S/C24H26N4O3/c1-15(2)25-24(31)27-20-12-13-28-21(20)22(29)26-19-11-10-17(14-18(19)23(28)30)9-8-16-6-4-3-5-7-16/h3-11,14-15,20-21H,12-13H2,1-2H3,(H,26,29)(H2,25,27,31)/b9-8+/t20-,21-/m0/s1. The van der Waals surface area contributed by atoms with E-state index in [1.165, 1.54) is 0 Å². The van der Waals surface area contributed by atoms with E-state index in [-0.39, 0.29) is 23.9 Å². The Morgan fingerprint density at radius 3 is 2.58 bits per heavy atom. The van der Waals surface area contributed by atoms with Crippen molar-refractivity contribution in [2.24, 2.45) is 0 Å². The van der Waals surface area contributed by atoms with Gasteiger partial charge in [-0.2, -0.15) is 0 Å². The number of nitrogens with one attached hydrogen (secondary N) is 3. The van der Waals surface area contributed by atoms with Crippen LogP contribution in [0.4, 0.5) is 10.5 Å². The van der Waals surface area contributed by atoms with Gasteiger partial charge in [0.25, 0.3) is 5.91 Å². The molecule has 0 aromatic heterocycles. The first-order valence-corrected chi connectivity index (χ1v) is 10.5. The molecular weight excluding hydrogens is 392 g/mol. The van der Waals surface area contributed by atoms with Gasteiger partial charge < -0.3 is 20.9 Å². The van der Waals surface area contributed by atoms with Crippen LogP contribution in [0.1, 0.15) is 41.8 Å². The Balaban J connectivity index is 1.56. The number of hydrogen-bond donors (Lipinski definition) is 3.